The zero-order chi connectivity index (χ0) is 24.9. The van der Waals surface area contributed by atoms with Gasteiger partial charge in [0.05, 0.1) is 16.4 Å². The maximum atomic E-state index is 13.3. The van der Waals surface area contributed by atoms with E-state index in [1.165, 1.54) is 4.90 Å². The number of halogens is 1. The van der Waals surface area contributed by atoms with Crippen molar-refractivity contribution in [3.05, 3.63) is 30.1 Å². The number of carboxylic acids is 1. The summed E-state index contributed by atoms with van der Waals surface area (Å²) in [5, 5.41) is 14.0. The van der Waals surface area contributed by atoms with E-state index < -0.39 is 45.7 Å². The first-order valence-corrected chi connectivity index (χ1v) is 13.1. The smallest absolute Gasteiger partial charge is 0.313 e. The van der Waals surface area contributed by atoms with Gasteiger partial charge in [-0.3, -0.25) is 19.2 Å². The highest BCUT2D eigenvalue weighted by Gasteiger charge is 2.42. The second kappa shape index (κ2) is 11.1. The van der Waals surface area contributed by atoms with E-state index in [-0.39, 0.29) is 41.9 Å². The molecule has 11 nitrogen and oxygen atoms in total. The van der Waals surface area contributed by atoms with Crippen LogP contribution < -0.4 is 10.6 Å². The number of piperidine rings is 1. The first kappa shape index (κ1) is 25.9. The molecular weight excluding hydrogens is 491 g/mol. The number of thioether (sulfide) groups is 1. The number of carbonyl (C=O) groups is 4. The average Bonchev–Trinajstić information content (AvgIpc) is 2.80. The lowest BCUT2D eigenvalue weighted by molar-refractivity contribution is -0.136. The second-order valence-corrected chi connectivity index (χ2v) is 10.7. The quantitative estimate of drug-likeness (QED) is 0.408. The molecule has 0 aromatic heterocycles. The van der Waals surface area contributed by atoms with Crippen LogP contribution in [0.4, 0.5) is 4.39 Å². The van der Waals surface area contributed by atoms with Crippen molar-refractivity contribution in [1.82, 2.24) is 19.8 Å². The molecule has 186 valence electrons. The summed E-state index contributed by atoms with van der Waals surface area (Å²) < 4.78 is 40.8. The van der Waals surface area contributed by atoms with Gasteiger partial charge >= 0.3 is 5.97 Å². The van der Waals surface area contributed by atoms with Crippen LogP contribution in [0.1, 0.15) is 12.8 Å². The fraction of sp³-hybridized carbons (Fsp3) is 0.500. The normalized spacial score (nSPS) is 21.6. The third-order valence-electron chi connectivity index (χ3n) is 5.46. The summed E-state index contributed by atoms with van der Waals surface area (Å²) in [5.41, 5.74) is 0. The first-order valence-electron chi connectivity index (χ1n) is 10.5. The molecular formula is C20H25FN4O7S2. The van der Waals surface area contributed by atoms with Crippen molar-refractivity contribution in [1.29, 1.82) is 0 Å². The molecule has 1 aromatic rings. The van der Waals surface area contributed by atoms with Gasteiger partial charge in [0, 0.05) is 26.2 Å². The minimum Gasteiger partial charge on any atom is -0.481 e. The predicted octanol–water partition coefficient (Wildman–Crippen LogP) is -0.760. The number of carboxylic acid groups (broad SMARTS) is 1. The molecule has 0 radical (unpaired) electrons. The van der Waals surface area contributed by atoms with Crippen LogP contribution in [0, 0.1) is 5.82 Å². The molecule has 1 aromatic carbocycles. The van der Waals surface area contributed by atoms with Crippen molar-refractivity contribution < 1.29 is 37.1 Å². The van der Waals surface area contributed by atoms with Crippen LogP contribution >= 0.6 is 11.8 Å². The standard InChI is InChI=1S/C20H25FN4O7S2/c21-13-3-5-14(6-4-13)34(31,32)25-9-8-24(17(26)11-33-12-18(27)28)10-16(25)20(30)23-15-2-1-7-22-19(15)29/h3-6,15-16H,1-2,7-12H2,(H,22,29)(H,23,30)(H,27,28)/t15-,16-/m1/s1. The molecule has 2 heterocycles. The maximum Gasteiger partial charge on any atom is 0.313 e. The number of hydrogen-bond acceptors (Lipinski definition) is 7. The number of piperazine rings is 1. The van der Waals surface area contributed by atoms with Gasteiger partial charge in [-0.25, -0.2) is 12.8 Å². The lowest BCUT2D eigenvalue weighted by atomic mass is 10.1. The van der Waals surface area contributed by atoms with Gasteiger partial charge in [-0.05, 0) is 37.1 Å². The summed E-state index contributed by atoms with van der Waals surface area (Å²) in [6.07, 6.45) is 1.04. The Morgan fingerprint density at radius 1 is 1.18 bits per heavy atom. The highest BCUT2D eigenvalue weighted by Crippen LogP contribution is 2.23. The van der Waals surface area contributed by atoms with E-state index in [0.717, 1.165) is 40.3 Å². The molecule has 3 amide bonds. The molecule has 0 spiro atoms. The largest absolute Gasteiger partial charge is 0.481 e. The van der Waals surface area contributed by atoms with Gasteiger partial charge in [0.15, 0.2) is 0 Å². The summed E-state index contributed by atoms with van der Waals surface area (Å²) in [7, 11) is -4.22. The van der Waals surface area contributed by atoms with Crippen molar-refractivity contribution in [2.45, 2.75) is 29.8 Å². The fourth-order valence-corrected chi connectivity index (χ4v) is 5.93. The summed E-state index contributed by atoms with van der Waals surface area (Å²) in [6, 6.07) is 2.02. The Morgan fingerprint density at radius 3 is 2.53 bits per heavy atom. The van der Waals surface area contributed by atoms with Crippen LogP contribution in [0.2, 0.25) is 0 Å². The lowest BCUT2D eigenvalue weighted by Crippen LogP contribution is -2.63. The number of carbonyl (C=O) groups excluding carboxylic acids is 3. The van der Waals surface area contributed by atoms with E-state index in [2.05, 4.69) is 10.6 Å². The molecule has 2 fully saturated rings. The summed E-state index contributed by atoms with van der Waals surface area (Å²) in [4.78, 5) is 49.6. The van der Waals surface area contributed by atoms with Crippen LogP contribution in [0.25, 0.3) is 0 Å². The second-order valence-electron chi connectivity index (χ2n) is 7.81. The third-order valence-corrected chi connectivity index (χ3v) is 8.28. The molecule has 34 heavy (non-hydrogen) atoms. The van der Waals surface area contributed by atoms with Crippen molar-refractivity contribution in [2.75, 3.05) is 37.7 Å². The van der Waals surface area contributed by atoms with E-state index in [1.54, 1.807) is 0 Å². The maximum absolute atomic E-state index is 13.3. The number of hydrogen-bond donors (Lipinski definition) is 3. The Kier molecular flexibility index (Phi) is 8.49. The molecule has 2 saturated heterocycles. The van der Waals surface area contributed by atoms with Crippen LogP contribution in [0.3, 0.4) is 0 Å². The van der Waals surface area contributed by atoms with Crippen molar-refractivity contribution >= 4 is 45.5 Å². The minimum atomic E-state index is -4.22. The average molecular weight is 517 g/mol. The Morgan fingerprint density at radius 2 is 1.88 bits per heavy atom. The van der Waals surface area contributed by atoms with Gasteiger partial charge in [0.25, 0.3) is 0 Å². The minimum absolute atomic E-state index is 0.0133. The van der Waals surface area contributed by atoms with Crippen LogP contribution in [-0.2, 0) is 29.2 Å². The number of rotatable bonds is 8. The number of amides is 3. The zero-order valence-corrected chi connectivity index (χ0v) is 19.7. The van der Waals surface area contributed by atoms with Crippen molar-refractivity contribution in [3.63, 3.8) is 0 Å². The van der Waals surface area contributed by atoms with Crippen LogP contribution in [0.5, 0.6) is 0 Å². The van der Waals surface area contributed by atoms with Gasteiger partial charge in [-0.15, -0.1) is 11.8 Å². The molecule has 0 unspecified atom stereocenters. The Labute approximate surface area is 200 Å². The Hall–Kier alpha value is -2.71. The Bertz CT molecular complexity index is 1050. The number of nitrogens with zero attached hydrogens (tertiary/aromatic N) is 2. The topological polar surface area (TPSA) is 153 Å². The third kappa shape index (κ3) is 6.24. The molecule has 2 atom stereocenters. The molecule has 0 bridgehead atoms. The Balaban J connectivity index is 1.81. The summed E-state index contributed by atoms with van der Waals surface area (Å²) in [6.45, 7) is -0.00631. The molecule has 2 aliphatic rings. The van der Waals surface area contributed by atoms with Crippen molar-refractivity contribution in [3.8, 4) is 0 Å². The summed E-state index contributed by atoms with van der Waals surface area (Å²) in [5.74, 6) is -3.65. The molecule has 0 aliphatic carbocycles. The molecule has 3 rings (SSSR count). The number of sulfonamides is 1. The van der Waals surface area contributed by atoms with E-state index >= 15 is 0 Å². The van der Waals surface area contributed by atoms with E-state index in [0.29, 0.717) is 19.4 Å². The SMILES string of the molecule is O=C(O)CSCC(=O)N1CCN(S(=O)(=O)c2ccc(F)cc2)[C@@H](C(=O)N[C@@H]2CCCNC2=O)C1. The highest BCUT2D eigenvalue weighted by molar-refractivity contribution is 8.00. The zero-order valence-electron chi connectivity index (χ0n) is 18.1. The monoisotopic (exact) mass is 516 g/mol. The van der Waals surface area contributed by atoms with Gasteiger partial charge < -0.3 is 20.6 Å². The van der Waals surface area contributed by atoms with Crippen molar-refractivity contribution in [2.24, 2.45) is 0 Å². The van der Waals surface area contributed by atoms with E-state index in [9.17, 15) is 32.0 Å². The number of nitrogens with one attached hydrogen (secondary N) is 2. The van der Waals surface area contributed by atoms with E-state index in [4.69, 9.17) is 5.11 Å². The number of aliphatic carboxylic acids is 1. The molecule has 0 saturated carbocycles. The number of benzene rings is 1. The first-order chi connectivity index (χ1) is 16.1. The summed E-state index contributed by atoms with van der Waals surface area (Å²) >= 11 is 0.894. The van der Waals surface area contributed by atoms with Gasteiger partial charge in [-0.1, -0.05) is 0 Å². The highest BCUT2D eigenvalue weighted by atomic mass is 32.2. The lowest BCUT2D eigenvalue weighted by Gasteiger charge is -2.40. The van der Waals surface area contributed by atoms with Gasteiger partial charge in [-0.2, -0.15) is 4.31 Å². The van der Waals surface area contributed by atoms with Crippen LogP contribution in [0.15, 0.2) is 29.2 Å². The fourth-order valence-electron chi connectivity index (χ4n) is 3.73. The van der Waals surface area contributed by atoms with Crippen LogP contribution in [-0.4, -0.2) is 96.2 Å². The van der Waals surface area contributed by atoms with Gasteiger partial charge in [0.1, 0.15) is 17.9 Å². The molecule has 14 heteroatoms. The van der Waals surface area contributed by atoms with Gasteiger partial charge in [0.2, 0.25) is 27.7 Å². The van der Waals surface area contributed by atoms with E-state index in [1.807, 2.05) is 0 Å². The molecule has 2 aliphatic heterocycles. The molecule has 3 N–H and O–H groups in total. The predicted molar refractivity (Wildman–Crippen MR) is 120 cm³/mol.